The van der Waals surface area contributed by atoms with Gasteiger partial charge >= 0.3 is 0 Å². The van der Waals surface area contributed by atoms with Crippen molar-refractivity contribution in [3.63, 3.8) is 0 Å². The minimum atomic E-state index is 0.199. The molecule has 0 saturated heterocycles. The smallest absolute Gasteiger partial charge is 0.145 e. The number of allylic oxidation sites excluding steroid dienone is 1. The quantitative estimate of drug-likeness (QED) is 0.306. The van der Waals surface area contributed by atoms with E-state index >= 15 is 0 Å². The molecule has 0 fully saturated rings. The summed E-state index contributed by atoms with van der Waals surface area (Å²) in [5, 5.41) is 0. The molecule has 0 atom stereocenters. The Bertz CT molecular complexity index is 76.6. The van der Waals surface area contributed by atoms with E-state index in [4.69, 9.17) is 4.74 Å². The van der Waals surface area contributed by atoms with Crippen LogP contribution in [0.5, 0.6) is 0 Å². The van der Waals surface area contributed by atoms with E-state index in [2.05, 4.69) is 0 Å². The van der Waals surface area contributed by atoms with Crippen LogP contribution in [0.4, 0.5) is 0 Å². The zero-order chi connectivity index (χ0) is 6.24. The standard InChI is InChI=1S/C6H10O2/c1-2-3-5-8-6-4-7/h2-4H,5-6H2,1H3. The van der Waals surface area contributed by atoms with E-state index < -0.39 is 0 Å². The molecule has 0 amide bonds. The van der Waals surface area contributed by atoms with Crippen LogP contribution in [-0.2, 0) is 9.53 Å². The van der Waals surface area contributed by atoms with Crippen molar-refractivity contribution < 1.29 is 9.53 Å². The van der Waals surface area contributed by atoms with Gasteiger partial charge < -0.3 is 9.53 Å². The van der Waals surface area contributed by atoms with Crippen molar-refractivity contribution in [3.05, 3.63) is 12.2 Å². The Labute approximate surface area is 49.1 Å². The van der Waals surface area contributed by atoms with E-state index in [0.717, 1.165) is 6.29 Å². The Morgan fingerprint density at radius 2 is 2.25 bits per heavy atom. The lowest BCUT2D eigenvalue weighted by molar-refractivity contribution is -0.111. The van der Waals surface area contributed by atoms with Crippen molar-refractivity contribution in [1.29, 1.82) is 0 Å². The molecule has 46 valence electrons. The monoisotopic (exact) mass is 114 g/mol. The molecular weight excluding hydrogens is 104 g/mol. The van der Waals surface area contributed by atoms with Gasteiger partial charge in [0.15, 0.2) is 0 Å². The molecule has 0 radical (unpaired) electrons. The maximum Gasteiger partial charge on any atom is 0.145 e. The van der Waals surface area contributed by atoms with Gasteiger partial charge in [-0.25, -0.2) is 0 Å². The molecule has 2 nitrogen and oxygen atoms in total. The molecule has 0 heterocycles. The summed E-state index contributed by atoms with van der Waals surface area (Å²) in [7, 11) is 0. The number of aldehydes is 1. The van der Waals surface area contributed by atoms with E-state index in [9.17, 15) is 4.79 Å². The molecule has 0 N–H and O–H groups in total. The fourth-order valence-corrected chi connectivity index (χ4v) is 0.280. The molecule has 0 bridgehead atoms. The molecule has 0 aromatic heterocycles. The van der Waals surface area contributed by atoms with Crippen molar-refractivity contribution in [2.45, 2.75) is 6.92 Å². The molecule has 0 rings (SSSR count). The van der Waals surface area contributed by atoms with Crippen LogP contribution in [0.15, 0.2) is 12.2 Å². The van der Waals surface area contributed by atoms with Gasteiger partial charge in [-0.3, -0.25) is 0 Å². The van der Waals surface area contributed by atoms with Gasteiger partial charge in [-0.1, -0.05) is 12.2 Å². The fraction of sp³-hybridized carbons (Fsp3) is 0.500. The molecule has 0 aliphatic carbocycles. The molecule has 0 unspecified atom stereocenters. The Kier molecular flexibility index (Phi) is 5.87. The van der Waals surface area contributed by atoms with E-state index in [1.54, 1.807) is 0 Å². The van der Waals surface area contributed by atoms with Crippen LogP contribution in [0.1, 0.15) is 6.92 Å². The molecule has 8 heavy (non-hydrogen) atoms. The highest BCUT2D eigenvalue weighted by molar-refractivity contribution is 5.50. The number of carbonyl (C=O) groups is 1. The third-order valence-corrected chi connectivity index (χ3v) is 0.636. The first-order chi connectivity index (χ1) is 3.91. The summed E-state index contributed by atoms with van der Waals surface area (Å²) < 4.78 is 4.77. The molecule has 0 saturated carbocycles. The van der Waals surface area contributed by atoms with Crippen molar-refractivity contribution in [1.82, 2.24) is 0 Å². The van der Waals surface area contributed by atoms with Gasteiger partial charge in [0.1, 0.15) is 12.9 Å². The summed E-state index contributed by atoms with van der Waals surface area (Å²) in [6.45, 7) is 2.64. The molecular formula is C6H10O2. The highest BCUT2D eigenvalue weighted by atomic mass is 16.5. The maximum atomic E-state index is 9.62. The Hall–Kier alpha value is -0.630. The highest BCUT2D eigenvalue weighted by Crippen LogP contribution is 1.73. The van der Waals surface area contributed by atoms with Gasteiger partial charge in [-0.15, -0.1) is 0 Å². The fourth-order valence-electron chi connectivity index (χ4n) is 0.280. The summed E-state index contributed by atoms with van der Waals surface area (Å²) in [5.74, 6) is 0. The SMILES string of the molecule is CC=CCOCC=O. The Balaban J connectivity index is 2.82. The van der Waals surface area contributed by atoms with Crippen molar-refractivity contribution in [3.8, 4) is 0 Å². The van der Waals surface area contributed by atoms with Gasteiger partial charge in [0.05, 0.1) is 6.61 Å². The molecule has 0 aliphatic rings. The van der Waals surface area contributed by atoms with Crippen LogP contribution in [0.3, 0.4) is 0 Å². The summed E-state index contributed by atoms with van der Waals surface area (Å²) in [6, 6.07) is 0. The van der Waals surface area contributed by atoms with Crippen LogP contribution in [0.25, 0.3) is 0 Å². The topological polar surface area (TPSA) is 26.3 Å². The largest absolute Gasteiger partial charge is 0.370 e. The Morgan fingerprint density at radius 1 is 1.50 bits per heavy atom. The van der Waals surface area contributed by atoms with Crippen LogP contribution < -0.4 is 0 Å². The Morgan fingerprint density at radius 3 is 2.75 bits per heavy atom. The van der Waals surface area contributed by atoms with Gasteiger partial charge in [-0.05, 0) is 6.92 Å². The average Bonchev–Trinajstić information content (AvgIpc) is 1.81. The van der Waals surface area contributed by atoms with Crippen LogP contribution >= 0.6 is 0 Å². The lowest BCUT2D eigenvalue weighted by atomic mass is 10.5. The zero-order valence-electron chi connectivity index (χ0n) is 4.96. The predicted octanol–water partition coefficient (Wildman–Crippen LogP) is 0.778. The third kappa shape index (κ3) is 5.37. The summed E-state index contributed by atoms with van der Waals surface area (Å²) in [6.07, 6.45) is 4.47. The van der Waals surface area contributed by atoms with Crippen LogP contribution in [0, 0.1) is 0 Å². The van der Waals surface area contributed by atoms with E-state index in [1.807, 2.05) is 19.1 Å². The number of hydrogen-bond donors (Lipinski definition) is 0. The van der Waals surface area contributed by atoms with Gasteiger partial charge in [0, 0.05) is 0 Å². The first kappa shape index (κ1) is 7.37. The second-order valence-electron chi connectivity index (χ2n) is 1.27. The lowest BCUT2D eigenvalue weighted by Gasteiger charge is -1.88. The lowest BCUT2D eigenvalue weighted by Crippen LogP contribution is -1.93. The van der Waals surface area contributed by atoms with Crippen molar-refractivity contribution in [2.24, 2.45) is 0 Å². The third-order valence-electron chi connectivity index (χ3n) is 0.636. The van der Waals surface area contributed by atoms with Gasteiger partial charge in [0.2, 0.25) is 0 Å². The zero-order valence-corrected chi connectivity index (χ0v) is 4.96. The highest BCUT2D eigenvalue weighted by Gasteiger charge is 1.75. The summed E-state index contributed by atoms with van der Waals surface area (Å²) >= 11 is 0. The van der Waals surface area contributed by atoms with E-state index in [-0.39, 0.29) is 6.61 Å². The molecule has 2 heteroatoms. The molecule has 0 aromatic rings. The van der Waals surface area contributed by atoms with Gasteiger partial charge in [-0.2, -0.15) is 0 Å². The minimum absolute atomic E-state index is 0.199. The second-order valence-corrected chi connectivity index (χ2v) is 1.27. The normalized spacial score (nSPS) is 10.1. The first-order valence-corrected chi connectivity index (χ1v) is 2.54. The van der Waals surface area contributed by atoms with Crippen LogP contribution in [0.2, 0.25) is 0 Å². The maximum absolute atomic E-state index is 9.62. The van der Waals surface area contributed by atoms with E-state index in [1.165, 1.54) is 0 Å². The summed E-state index contributed by atoms with van der Waals surface area (Å²) in [5.41, 5.74) is 0. The summed E-state index contributed by atoms with van der Waals surface area (Å²) in [4.78, 5) is 9.62. The van der Waals surface area contributed by atoms with Crippen molar-refractivity contribution in [2.75, 3.05) is 13.2 Å². The predicted molar refractivity (Wildman–Crippen MR) is 31.7 cm³/mol. The van der Waals surface area contributed by atoms with Crippen molar-refractivity contribution >= 4 is 6.29 Å². The first-order valence-electron chi connectivity index (χ1n) is 2.54. The van der Waals surface area contributed by atoms with Crippen LogP contribution in [-0.4, -0.2) is 19.5 Å². The minimum Gasteiger partial charge on any atom is -0.370 e. The molecule has 0 aromatic carbocycles. The number of hydrogen-bond acceptors (Lipinski definition) is 2. The number of carbonyl (C=O) groups excluding carboxylic acids is 1. The number of ether oxygens (including phenoxy) is 1. The number of rotatable bonds is 4. The van der Waals surface area contributed by atoms with E-state index in [0.29, 0.717) is 6.61 Å². The molecule has 0 spiro atoms. The second kappa shape index (κ2) is 6.37. The average molecular weight is 114 g/mol. The van der Waals surface area contributed by atoms with Gasteiger partial charge in [0.25, 0.3) is 0 Å². The molecule has 0 aliphatic heterocycles.